The molecule has 2 unspecified atom stereocenters. The smallest absolute Gasteiger partial charge is 0.267 e. The number of hydrogen-bond donors (Lipinski definition) is 3. The minimum Gasteiger partial charge on any atom is -0.338 e. The van der Waals surface area contributed by atoms with Crippen molar-refractivity contribution in [3.8, 4) is 0 Å². The second-order valence-corrected chi connectivity index (χ2v) is 5.22. The molecular formula is C12H18N4O2. The van der Waals surface area contributed by atoms with Crippen LogP contribution in [0.1, 0.15) is 17.7 Å². The Labute approximate surface area is 105 Å². The van der Waals surface area contributed by atoms with Gasteiger partial charge in [-0.15, -0.1) is 0 Å². The second-order valence-electron chi connectivity index (χ2n) is 5.22. The standard InChI is InChI=1S/C12H18N4O2/c1-7-9(12(18)15-14-7)4-11(17)16-3-2-8-5-13-6-10(8)16/h8,10,13H,2-6H2,1H3,(H2,14,15,18). The third kappa shape index (κ3) is 1.77. The van der Waals surface area contributed by atoms with Gasteiger partial charge in [0.1, 0.15) is 0 Å². The third-order valence-corrected chi connectivity index (χ3v) is 4.18. The number of aromatic nitrogens is 2. The van der Waals surface area contributed by atoms with Gasteiger partial charge in [0.15, 0.2) is 0 Å². The van der Waals surface area contributed by atoms with Crippen molar-refractivity contribution in [2.24, 2.45) is 5.92 Å². The summed E-state index contributed by atoms with van der Waals surface area (Å²) >= 11 is 0. The fourth-order valence-corrected chi connectivity index (χ4v) is 3.10. The van der Waals surface area contributed by atoms with Crippen LogP contribution in [-0.4, -0.2) is 46.7 Å². The number of likely N-dealkylation sites (tertiary alicyclic amines) is 1. The molecule has 0 saturated carbocycles. The Hall–Kier alpha value is -1.56. The summed E-state index contributed by atoms with van der Waals surface area (Å²) in [5, 5.41) is 8.60. The number of H-pyrrole nitrogens is 2. The van der Waals surface area contributed by atoms with Gasteiger partial charge in [0.25, 0.3) is 5.56 Å². The van der Waals surface area contributed by atoms with Crippen LogP contribution in [0.2, 0.25) is 0 Å². The number of nitrogens with zero attached hydrogens (tertiary/aromatic N) is 1. The van der Waals surface area contributed by atoms with Crippen molar-refractivity contribution in [2.75, 3.05) is 19.6 Å². The Kier molecular flexibility index (Phi) is 2.74. The molecule has 0 aromatic carbocycles. The molecule has 2 fully saturated rings. The summed E-state index contributed by atoms with van der Waals surface area (Å²) in [6.45, 7) is 4.54. The molecule has 0 bridgehead atoms. The molecule has 2 aliphatic heterocycles. The van der Waals surface area contributed by atoms with E-state index in [9.17, 15) is 9.59 Å². The maximum absolute atomic E-state index is 12.3. The third-order valence-electron chi connectivity index (χ3n) is 4.18. The van der Waals surface area contributed by atoms with Crippen molar-refractivity contribution in [2.45, 2.75) is 25.8 Å². The Morgan fingerprint density at radius 3 is 2.94 bits per heavy atom. The van der Waals surface area contributed by atoms with Gasteiger partial charge in [-0.3, -0.25) is 14.7 Å². The normalized spacial score (nSPS) is 26.6. The van der Waals surface area contributed by atoms with Gasteiger partial charge < -0.3 is 15.3 Å². The number of fused-ring (bicyclic) bond motifs is 1. The Bertz CT molecular complexity index is 518. The quantitative estimate of drug-likeness (QED) is 0.654. The minimum atomic E-state index is -0.179. The topological polar surface area (TPSA) is 81.0 Å². The molecule has 3 N–H and O–H groups in total. The molecule has 2 saturated heterocycles. The number of aryl methyl sites for hydroxylation is 1. The van der Waals surface area contributed by atoms with E-state index >= 15 is 0 Å². The van der Waals surface area contributed by atoms with Gasteiger partial charge in [0.2, 0.25) is 5.91 Å². The minimum absolute atomic E-state index is 0.0689. The van der Waals surface area contributed by atoms with E-state index in [4.69, 9.17) is 0 Å². The zero-order chi connectivity index (χ0) is 12.7. The molecule has 3 rings (SSSR count). The fourth-order valence-electron chi connectivity index (χ4n) is 3.10. The predicted octanol–water partition coefficient (Wildman–Crippen LogP) is -0.626. The first-order chi connectivity index (χ1) is 8.66. The van der Waals surface area contributed by atoms with Crippen molar-refractivity contribution in [3.05, 3.63) is 21.6 Å². The van der Waals surface area contributed by atoms with Crippen LogP contribution >= 0.6 is 0 Å². The molecule has 2 aliphatic rings. The van der Waals surface area contributed by atoms with Gasteiger partial charge in [-0.2, -0.15) is 0 Å². The molecule has 1 amide bonds. The summed E-state index contributed by atoms with van der Waals surface area (Å²) in [5.41, 5.74) is 1.14. The van der Waals surface area contributed by atoms with Crippen molar-refractivity contribution < 1.29 is 4.79 Å². The van der Waals surface area contributed by atoms with E-state index in [-0.39, 0.29) is 17.9 Å². The summed E-state index contributed by atoms with van der Waals surface area (Å²) in [5.74, 6) is 0.666. The van der Waals surface area contributed by atoms with Gasteiger partial charge >= 0.3 is 0 Å². The van der Waals surface area contributed by atoms with Crippen LogP contribution in [0.5, 0.6) is 0 Å². The number of nitrogens with one attached hydrogen (secondary N) is 3. The van der Waals surface area contributed by atoms with E-state index in [1.807, 2.05) is 11.8 Å². The number of carbonyl (C=O) groups excluding carboxylic acids is 1. The summed E-state index contributed by atoms with van der Waals surface area (Å²) in [4.78, 5) is 25.8. The number of rotatable bonds is 2. The highest BCUT2D eigenvalue weighted by atomic mass is 16.2. The lowest BCUT2D eigenvalue weighted by Crippen LogP contribution is -2.40. The van der Waals surface area contributed by atoms with Gasteiger partial charge in [-0.1, -0.05) is 0 Å². The number of carbonyl (C=O) groups is 1. The fraction of sp³-hybridized carbons (Fsp3) is 0.667. The lowest BCUT2D eigenvalue weighted by molar-refractivity contribution is -0.131. The first kappa shape index (κ1) is 11.5. The van der Waals surface area contributed by atoms with Crippen LogP contribution in [-0.2, 0) is 11.2 Å². The van der Waals surface area contributed by atoms with Crippen LogP contribution in [0.3, 0.4) is 0 Å². The monoisotopic (exact) mass is 250 g/mol. The first-order valence-corrected chi connectivity index (χ1v) is 6.43. The van der Waals surface area contributed by atoms with Crippen LogP contribution in [0.4, 0.5) is 0 Å². The molecule has 1 aromatic rings. The van der Waals surface area contributed by atoms with E-state index in [0.717, 1.165) is 31.7 Å². The van der Waals surface area contributed by atoms with Crippen LogP contribution in [0, 0.1) is 12.8 Å². The highest BCUT2D eigenvalue weighted by molar-refractivity contribution is 5.79. The molecule has 1 aromatic heterocycles. The summed E-state index contributed by atoms with van der Waals surface area (Å²) in [6.07, 6.45) is 1.28. The molecule has 0 radical (unpaired) electrons. The second kappa shape index (κ2) is 4.28. The maximum atomic E-state index is 12.3. The van der Waals surface area contributed by atoms with E-state index < -0.39 is 0 Å². The van der Waals surface area contributed by atoms with Gasteiger partial charge in [-0.25, -0.2) is 0 Å². The zero-order valence-corrected chi connectivity index (χ0v) is 10.5. The SMILES string of the molecule is Cc1[nH][nH]c(=O)c1CC(=O)N1CCC2CNCC21. The van der Waals surface area contributed by atoms with Crippen LogP contribution in [0.25, 0.3) is 0 Å². The van der Waals surface area contributed by atoms with E-state index in [1.54, 1.807) is 0 Å². The Balaban J connectivity index is 1.74. The molecule has 0 aliphatic carbocycles. The number of aromatic amines is 2. The predicted molar refractivity (Wildman–Crippen MR) is 66.3 cm³/mol. The van der Waals surface area contributed by atoms with Gasteiger partial charge in [0, 0.05) is 36.9 Å². The average Bonchev–Trinajstić information content (AvgIpc) is 2.99. The lowest BCUT2D eigenvalue weighted by Gasteiger charge is -2.23. The lowest BCUT2D eigenvalue weighted by atomic mass is 10.0. The molecular weight excluding hydrogens is 232 g/mol. The van der Waals surface area contributed by atoms with Crippen molar-refractivity contribution in [3.63, 3.8) is 0 Å². The Morgan fingerprint density at radius 1 is 1.39 bits per heavy atom. The van der Waals surface area contributed by atoms with Crippen LogP contribution in [0.15, 0.2) is 4.79 Å². The molecule has 3 heterocycles. The zero-order valence-electron chi connectivity index (χ0n) is 10.5. The number of hydrogen-bond acceptors (Lipinski definition) is 3. The first-order valence-electron chi connectivity index (χ1n) is 6.43. The summed E-state index contributed by atoms with van der Waals surface area (Å²) in [6, 6.07) is 0.329. The highest BCUT2D eigenvalue weighted by Crippen LogP contribution is 2.27. The molecule has 98 valence electrons. The molecule has 6 nitrogen and oxygen atoms in total. The molecule has 0 spiro atoms. The van der Waals surface area contributed by atoms with Gasteiger partial charge in [-0.05, 0) is 19.3 Å². The highest BCUT2D eigenvalue weighted by Gasteiger charge is 2.39. The Morgan fingerprint density at radius 2 is 2.22 bits per heavy atom. The van der Waals surface area contributed by atoms with Crippen molar-refractivity contribution >= 4 is 5.91 Å². The summed E-state index contributed by atoms with van der Waals surface area (Å²) < 4.78 is 0. The van der Waals surface area contributed by atoms with Crippen molar-refractivity contribution in [1.29, 1.82) is 0 Å². The van der Waals surface area contributed by atoms with E-state index in [0.29, 0.717) is 17.5 Å². The molecule has 18 heavy (non-hydrogen) atoms. The summed E-state index contributed by atoms with van der Waals surface area (Å²) in [7, 11) is 0. The van der Waals surface area contributed by atoms with E-state index in [2.05, 4.69) is 15.5 Å². The van der Waals surface area contributed by atoms with Gasteiger partial charge in [0.05, 0.1) is 6.42 Å². The van der Waals surface area contributed by atoms with Crippen LogP contribution < -0.4 is 10.9 Å². The largest absolute Gasteiger partial charge is 0.338 e. The molecule has 6 heteroatoms. The maximum Gasteiger partial charge on any atom is 0.267 e. The molecule has 2 atom stereocenters. The van der Waals surface area contributed by atoms with Crippen molar-refractivity contribution in [1.82, 2.24) is 20.4 Å². The average molecular weight is 250 g/mol. The number of amides is 1. The van der Waals surface area contributed by atoms with E-state index in [1.165, 1.54) is 0 Å².